The fourth-order valence-electron chi connectivity index (χ4n) is 4.33. The standard InChI is InChI=1S/C19H25N5O2/c1-13-17(14(2)26-22-13)18(25)24-11-6-16(12-24)15-4-9-23(10-5-15)19-20-7-3-8-21-19/h3,7-8,15-16H,4-6,9-12H2,1-2H3. The highest BCUT2D eigenvalue weighted by atomic mass is 16.5. The second kappa shape index (κ2) is 7.05. The fourth-order valence-corrected chi connectivity index (χ4v) is 4.33. The molecule has 0 spiro atoms. The SMILES string of the molecule is Cc1noc(C)c1C(=O)N1CCC(C2CCN(c3ncccn3)CC2)C1. The summed E-state index contributed by atoms with van der Waals surface area (Å²) in [6, 6.07) is 1.85. The Balaban J connectivity index is 1.34. The predicted octanol–water partition coefficient (Wildman–Crippen LogP) is 2.46. The first kappa shape index (κ1) is 17.0. The van der Waals surface area contributed by atoms with Gasteiger partial charge in [-0.25, -0.2) is 9.97 Å². The summed E-state index contributed by atoms with van der Waals surface area (Å²) >= 11 is 0. The summed E-state index contributed by atoms with van der Waals surface area (Å²) in [6.45, 7) is 7.29. The Labute approximate surface area is 153 Å². The van der Waals surface area contributed by atoms with E-state index in [2.05, 4.69) is 20.0 Å². The molecule has 7 heteroatoms. The number of anilines is 1. The first-order chi connectivity index (χ1) is 12.6. The Hall–Kier alpha value is -2.44. The van der Waals surface area contributed by atoms with Gasteiger partial charge in [-0.1, -0.05) is 5.16 Å². The van der Waals surface area contributed by atoms with Gasteiger partial charge in [0.2, 0.25) is 5.95 Å². The lowest BCUT2D eigenvalue weighted by atomic mass is 9.84. The van der Waals surface area contributed by atoms with Gasteiger partial charge in [0.15, 0.2) is 0 Å². The molecule has 2 fully saturated rings. The van der Waals surface area contributed by atoms with Gasteiger partial charge in [0.05, 0.1) is 5.69 Å². The van der Waals surface area contributed by atoms with E-state index >= 15 is 0 Å². The Morgan fingerprint density at radius 2 is 1.77 bits per heavy atom. The van der Waals surface area contributed by atoms with Crippen LogP contribution in [0.2, 0.25) is 0 Å². The molecule has 2 saturated heterocycles. The van der Waals surface area contributed by atoms with Crippen LogP contribution in [0.25, 0.3) is 0 Å². The van der Waals surface area contributed by atoms with Crippen molar-refractivity contribution in [2.24, 2.45) is 11.8 Å². The van der Waals surface area contributed by atoms with Crippen LogP contribution in [0.1, 0.15) is 41.1 Å². The van der Waals surface area contributed by atoms with Crippen molar-refractivity contribution < 1.29 is 9.32 Å². The van der Waals surface area contributed by atoms with Crippen molar-refractivity contribution in [1.82, 2.24) is 20.0 Å². The number of carbonyl (C=O) groups excluding carboxylic acids is 1. The summed E-state index contributed by atoms with van der Waals surface area (Å²) in [4.78, 5) is 25.8. The van der Waals surface area contributed by atoms with Gasteiger partial charge in [-0.05, 0) is 51.0 Å². The second-order valence-electron chi connectivity index (χ2n) is 7.37. The lowest BCUT2D eigenvalue weighted by molar-refractivity contribution is 0.0778. The van der Waals surface area contributed by atoms with E-state index in [0.717, 1.165) is 51.4 Å². The maximum absolute atomic E-state index is 12.8. The van der Waals surface area contributed by atoms with E-state index < -0.39 is 0 Å². The number of hydrogen-bond acceptors (Lipinski definition) is 6. The van der Waals surface area contributed by atoms with Gasteiger partial charge < -0.3 is 14.3 Å². The highest BCUT2D eigenvalue weighted by Crippen LogP contribution is 2.33. The van der Waals surface area contributed by atoms with E-state index in [4.69, 9.17) is 4.52 Å². The number of amides is 1. The Kier molecular flexibility index (Phi) is 4.61. The predicted molar refractivity (Wildman–Crippen MR) is 97.0 cm³/mol. The fraction of sp³-hybridized carbons (Fsp3) is 0.579. The van der Waals surface area contributed by atoms with Crippen LogP contribution in [-0.4, -0.2) is 52.1 Å². The molecule has 0 bridgehead atoms. The molecule has 138 valence electrons. The Morgan fingerprint density at radius 3 is 2.42 bits per heavy atom. The number of hydrogen-bond donors (Lipinski definition) is 0. The third-order valence-electron chi connectivity index (χ3n) is 5.80. The van der Waals surface area contributed by atoms with Gasteiger partial charge in [0, 0.05) is 38.6 Å². The maximum atomic E-state index is 12.8. The number of likely N-dealkylation sites (tertiary alicyclic amines) is 1. The van der Waals surface area contributed by atoms with Gasteiger partial charge in [-0.3, -0.25) is 4.79 Å². The van der Waals surface area contributed by atoms with Gasteiger partial charge in [0.25, 0.3) is 5.91 Å². The number of carbonyl (C=O) groups is 1. The number of rotatable bonds is 3. The smallest absolute Gasteiger partial charge is 0.259 e. The minimum atomic E-state index is 0.0684. The largest absolute Gasteiger partial charge is 0.361 e. The monoisotopic (exact) mass is 355 g/mol. The van der Waals surface area contributed by atoms with Crippen molar-refractivity contribution in [3.8, 4) is 0 Å². The lowest BCUT2D eigenvalue weighted by Crippen LogP contribution is -2.38. The highest BCUT2D eigenvalue weighted by Gasteiger charge is 2.35. The normalized spacial score (nSPS) is 21.4. The molecule has 7 nitrogen and oxygen atoms in total. The molecule has 2 aromatic rings. The summed E-state index contributed by atoms with van der Waals surface area (Å²) in [5.41, 5.74) is 1.33. The van der Waals surface area contributed by atoms with Gasteiger partial charge >= 0.3 is 0 Å². The van der Waals surface area contributed by atoms with Gasteiger partial charge in [-0.15, -0.1) is 0 Å². The zero-order valence-electron chi connectivity index (χ0n) is 15.4. The summed E-state index contributed by atoms with van der Waals surface area (Å²) in [7, 11) is 0. The van der Waals surface area contributed by atoms with Crippen LogP contribution in [0.3, 0.4) is 0 Å². The Bertz CT molecular complexity index is 748. The number of piperidine rings is 1. The van der Waals surface area contributed by atoms with Gasteiger partial charge in [-0.2, -0.15) is 0 Å². The molecule has 0 N–H and O–H groups in total. The van der Waals surface area contributed by atoms with Crippen molar-refractivity contribution in [3.05, 3.63) is 35.5 Å². The van der Waals surface area contributed by atoms with E-state index in [1.807, 2.05) is 24.8 Å². The van der Waals surface area contributed by atoms with Crippen molar-refractivity contribution in [2.75, 3.05) is 31.1 Å². The van der Waals surface area contributed by atoms with Crippen LogP contribution in [0.4, 0.5) is 5.95 Å². The number of nitrogens with zero attached hydrogens (tertiary/aromatic N) is 5. The molecule has 2 aliphatic heterocycles. The second-order valence-corrected chi connectivity index (χ2v) is 7.37. The molecule has 0 radical (unpaired) electrons. The first-order valence-electron chi connectivity index (χ1n) is 9.37. The van der Waals surface area contributed by atoms with E-state index in [1.165, 1.54) is 0 Å². The Morgan fingerprint density at radius 1 is 1.08 bits per heavy atom. The van der Waals surface area contributed by atoms with Crippen LogP contribution < -0.4 is 4.90 Å². The lowest BCUT2D eigenvalue weighted by Gasteiger charge is -2.34. The van der Waals surface area contributed by atoms with Gasteiger partial charge in [0.1, 0.15) is 11.3 Å². The summed E-state index contributed by atoms with van der Waals surface area (Å²) in [5.74, 6) is 2.76. The van der Waals surface area contributed by atoms with Crippen LogP contribution in [0, 0.1) is 25.7 Å². The third-order valence-corrected chi connectivity index (χ3v) is 5.80. The molecule has 4 rings (SSSR count). The molecule has 2 aliphatic rings. The molecule has 0 saturated carbocycles. The zero-order valence-corrected chi connectivity index (χ0v) is 15.4. The highest BCUT2D eigenvalue weighted by molar-refractivity contribution is 5.96. The molecule has 4 heterocycles. The molecule has 26 heavy (non-hydrogen) atoms. The molecule has 0 aliphatic carbocycles. The van der Waals surface area contributed by atoms with Crippen LogP contribution in [0.5, 0.6) is 0 Å². The summed E-state index contributed by atoms with van der Waals surface area (Å²) in [6.07, 6.45) is 6.95. The van der Waals surface area contributed by atoms with E-state index in [-0.39, 0.29) is 5.91 Å². The zero-order chi connectivity index (χ0) is 18.1. The van der Waals surface area contributed by atoms with Crippen molar-refractivity contribution in [2.45, 2.75) is 33.1 Å². The summed E-state index contributed by atoms with van der Waals surface area (Å²) in [5, 5.41) is 3.91. The minimum absolute atomic E-state index is 0.0684. The molecule has 1 atom stereocenters. The van der Waals surface area contributed by atoms with Crippen molar-refractivity contribution in [1.29, 1.82) is 0 Å². The average molecular weight is 355 g/mol. The van der Waals surface area contributed by atoms with E-state index in [0.29, 0.717) is 28.9 Å². The number of aromatic nitrogens is 3. The third kappa shape index (κ3) is 3.18. The van der Waals surface area contributed by atoms with E-state index in [9.17, 15) is 4.79 Å². The maximum Gasteiger partial charge on any atom is 0.259 e. The van der Waals surface area contributed by atoms with Crippen LogP contribution in [0.15, 0.2) is 23.0 Å². The minimum Gasteiger partial charge on any atom is -0.361 e. The average Bonchev–Trinajstić information content (AvgIpc) is 3.29. The molecule has 2 aromatic heterocycles. The summed E-state index contributed by atoms with van der Waals surface area (Å²) < 4.78 is 5.16. The molecular formula is C19H25N5O2. The molecule has 0 aromatic carbocycles. The van der Waals surface area contributed by atoms with Crippen molar-refractivity contribution in [3.63, 3.8) is 0 Å². The van der Waals surface area contributed by atoms with Crippen LogP contribution in [-0.2, 0) is 0 Å². The first-order valence-corrected chi connectivity index (χ1v) is 9.37. The molecule has 1 amide bonds. The topological polar surface area (TPSA) is 75.4 Å². The molecular weight excluding hydrogens is 330 g/mol. The van der Waals surface area contributed by atoms with Crippen molar-refractivity contribution >= 4 is 11.9 Å². The van der Waals surface area contributed by atoms with E-state index in [1.54, 1.807) is 12.4 Å². The number of aryl methyl sites for hydroxylation is 2. The quantitative estimate of drug-likeness (QED) is 0.842. The van der Waals surface area contributed by atoms with Crippen LogP contribution >= 0.6 is 0 Å². The molecule has 1 unspecified atom stereocenters.